The molecule has 0 fully saturated rings. The maximum absolute atomic E-state index is 6.13. The van der Waals surface area contributed by atoms with E-state index in [2.05, 4.69) is 10.2 Å². The SMILES string of the molecule is Cc1nnc(SCc2cc(Cl)ccc2Cl)n1CCN. The molecule has 102 valence electrons. The van der Waals surface area contributed by atoms with Crippen LogP contribution in [0.2, 0.25) is 10.0 Å². The van der Waals surface area contributed by atoms with E-state index in [0.29, 0.717) is 28.9 Å². The zero-order valence-corrected chi connectivity index (χ0v) is 12.8. The number of benzene rings is 1. The molecule has 0 saturated carbocycles. The summed E-state index contributed by atoms with van der Waals surface area (Å²) in [6.07, 6.45) is 0. The minimum Gasteiger partial charge on any atom is -0.329 e. The summed E-state index contributed by atoms with van der Waals surface area (Å²) in [5, 5.41) is 10.4. The first-order valence-corrected chi connectivity index (χ1v) is 7.52. The number of nitrogens with zero attached hydrogens (tertiary/aromatic N) is 3. The molecule has 2 rings (SSSR count). The summed E-state index contributed by atoms with van der Waals surface area (Å²) in [6.45, 7) is 3.19. The molecule has 1 heterocycles. The van der Waals surface area contributed by atoms with Gasteiger partial charge in [-0.1, -0.05) is 35.0 Å². The van der Waals surface area contributed by atoms with Crippen LogP contribution in [0.15, 0.2) is 23.4 Å². The van der Waals surface area contributed by atoms with E-state index >= 15 is 0 Å². The van der Waals surface area contributed by atoms with E-state index in [1.165, 1.54) is 0 Å². The lowest BCUT2D eigenvalue weighted by Gasteiger charge is -2.07. The Labute approximate surface area is 126 Å². The van der Waals surface area contributed by atoms with E-state index in [4.69, 9.17) is 28.9 Å². The summed E-state index contributed by atoms with van der Waals surface area (Å²) in [5.41, 5.74) is 6.57. The van der Waals surface area contributed by atoms with Gasteiger partial charge in [0.05, 0.1) is 0 Å². The molecule has 0 aliphatic rings. The maximum atomic E-state index is 6.13. The van der Waals surface area contributed by atoms with Crippen molar-refractivity contribution in [3.63, 3.8) is 0 Å². The lowest BCUT2D eigenvalue weighted by atomic mass is 10.2. The minimum absolute atomic E-state index is 0.560. The molecule has 1 aromatic carbocycles. The number of aromatic nitrogens is 3. The minimum atomic E-state index is 0.560. The molecule has 1 aromatic heterocycles. The van der Waals surface area contributed by atoms with Crippen molar-refractivity contribution < 1.29 is 0 Å². The monoisotopic (exact) mass is 316 g/mol. The Bertz CT molecular complexity index is 571. The van der Waals surface area contributed by atoms with Crippen molar-refractivity contribution in [2.24, 2.45) is 5.73 Å². The normalized spacial score (nSPS) is 10.9. The van der Waals surface area contributed by atoms with Crippen molar-refractivity contribution in [2.75, 3.05) is 6.54 Å². The van der Waals surface area contributed by atoms with Gasteiger partial charge in [0, 0.05) is 28.9 Å². The van der Waals surface area contributed by atoms with Crippen molar-refractivity contribution >= 4 is 35.0 Å². The van der Waals surface area contributed by atoms with Crippen LogP contribution in [0, 0.1) is 6.92 Å². The molecule has 19 heavy (non-hydrogen) atoms. The number of rotatable bonds is 5. The molecule has 0 saturated heterocycles. The van der Waals surface area contributed by atoms with E-state index < -0.39 is 0 Å². The number of aryl methyl sites for hydroxylation is 1. The van der Waals surface area contributed by atoms with Gasteiger partial charge in [-0.3, -0.25) is 0 Å². The summed E-state index contributed by atoms with van der Waals surface area (Å²) in [6, 6.07) is 5.45. The molecular weight excluding hydrogens is 303 g/mol. The van der Waals surface area contributed by atoms with Crippen LogP contribution in [0.3, 0.4) is 0 Å². The summed E-state index contributed by atoms with van der Waals surface area (Å²) >= 11 is 13.7. The Morgan fingerprint density at radius 1 is 1.32 bits per heavy atom. The zero-order valence-electron chi connectivity index (χ0n) is 10.4. The van der Waals surface area contributed by atoms with Crippen LogP contribution < -0.4 is 5.73 Å². The number of halogens is 2. The van der Waals surface area contributed by atoms with Crippen molar-refractivity contribution in [3.05, 3.63) is 39.6 Å². The van der Waals surface area contributed by atoms with Gasteiger partial charge in [-0.25, -0.2) is 0 Å². The van der Waals surface area contributed by atoms with Gasteiger partial charge in [-0.15, -0.1) is 10.2 Å². The Hall–Kier alpha value is -0.750. The predicted molar refractivity (Wildman–Crippen MR) is 79.8 cm³/mol. The van der Waals surface area contributed by atoms with Gasteiger partial charge >= 0.3 is 0 Å². The third kappa shape index (κ3) is 3.63. The highest BCUT2D eigenvalue weighted by atomic mass is 35.5. The third-order valence-electron chi connectivity index (χ3n) is 2.62. The van der Waals surface area contributed by atoms with Crippen molar-refractivity contribution in [1.29, 1.82) is 0 Å². The average Bonchev–Trinajstić information content (AvgIpc) is 2.73. The highest BCUT2D eigenvalue weighted by Crippen LogP contribution is 2.28. The van der Waals surface area contributed by atoms with Crippen LogP contribution in [0.5, 0.6) is 0 Å². The van der Waals surface area contributed by atoms with Crippen LogP contribution in [0.1, 0.15) is 11.4 Å². The second kappa shape index (κ2) is 6.61. The van der Waals surface area contributed by atoms with Gasteiger partial charge in [-0.05, 0) is 30.7 Å². The number of thioether (sulfide) groups is 1. The number of nitrogens with two attached hydrogens (primary N) is 1. The largest absolute Gasteiger partial charge is 0.329 e. The topological polar surface area (TPSA) is 56.7 Å². The van der Waals surface area contributed by atoms with Gasteiger partial charge in [0.2, 0.25) is 0 Å². The molecule has 0 atom stereocenters. The molecule has 0 bridgehead atoms. The summed E-state index contributed by atoms with van der Waals surface area (Å²) in [7, 11) is 0. The van der Waals surface area contributed by atoms with Crippen LogP contribution >= 0.6 is 35.0 Å². The Balaban J connectivity index is 2.12. The molecule has 0 amide bonds. The zero-order chi connectivity index (χ0) is 13.8. The van der Waals surface area contributed by atoms with E-state index in [1.807, 2.05) is 17.6 Å². The molecular formula is C12H14Cl2N4S. The molecule has 0 unspecified atom stereocenters. The Morgan fingerprint density at radius 2 is 2.11 bits per heavy atom. The average molecular weight is 317 g/mol. The van der Waals surface area contributed by atoms with Crippen molar-refractivity contribution in [1.82, 2.24) is 14.8 Å². The van der Waals surface area contributed by atoms with Gasteiger partial charge in [-0.2, -0.15) is 0 Å². The quantitative estimate of drug-likeness (QED) is 0.861. The van der Waals surface area contributed by atoms with Crippen LogP contribution in [0.4, 0.5) is 0 Å². The number of hydrogen-bond acceptors (Lipinski definition) is 4. The highest BCUT2D eigenvalue weighted by Gasteiger charge is 2.10. The third-order valence-corrected chi connectivity index (χ3v) is 4.24. The molecule has 2 N–H and O–H groups in total. The lowest BCUT2D eigenvalue weighted by Crippen LogP contribution is -2.12. The van der Waals surface area contributed by atoms with Gasteiger partial charge < -0.3 is 10.3 Å². The Kier molecular flexibility index (Phi) is 5.10. The predicted octanol–water partition coefficient (Wildman–Crippen LogP) is 3.14. The van der Waals surface area contributed by atoms with Gasteiger partial charge in [0.25, 0.3) is 0 Å². The molecule has 2 aromatic rings. The molecule has 0 spiro atoms. The van der Waals surface area contributed by atoms with Crippen molar-refractivity contribution in [2.45, 2.75) is 24.4 Å². The Morgan fingerprint density at radius 3 is 2.84 bits per heavy atom. The van der Waals surface area contributed by atoms with Crippen LogP contribution in [-0.2, 0) is 12.3 Å². The first-order chi connectivity index (χ1) is 9.11. The van der Waals surface area contributed by atoms with Crippen molar-refractivity contribution in [3.8, 4) is 0 Å². The fourth-order valence-electron chi connectivity index (χ4n) is 1.65. The molecule has 0 radical (unpaired) electrons. The molecule has 4 nitrogen and oxygen atoms in total. The smallest absolute Gasteiger partial charge is 0.191 e. The van der Waals surface area contributed by atoms with Gasteiger partial charge in [0.1, 0.15) is 5.82 Å². The fourth-order valence-corrected chi connectivity index (χ4v) is 3.11. The highest BCUT2D eigenvalue weighted by molar-refractivity contribution is 7.98. The van der Waals surface area contributed by atoms with Crippen LogP contribution in [-0.4, -0.2) is 21.3 Å². The first-order valence-electron chi connectivity index (χ1n) is 5.78. The first kappa shape index (κ1) is 14.7. The fraction of sp³-hybridized carbons (Fsp3) is 0.333. The van der Waals surface area contributed by atoms with Crippen LogP contribution in [0.25, 0.3) is 0 Å². The standard InChI is InChI=1S/C12H14Cl2N4S/c1-8-16-17-12(18(8)5-4-15)19-7-9-6-10(13)2-3-11(9)14/h2-3,6H,4-5,7,15H2,1H3. The van der Waals surface area contributed by atoms with E-state index in [0.717, 1.165) is 16.5 Å². The van der Waals surface area contributed by atoms with Gasteiger partial charge in [0.15, 0.2) is 5.16 Å². The summed E-state index contributed by atoms with van der Waals surface area (Å²) < 4.78 is 2.00. The maximum Gasteiger partial charge on any atom is 0.191 e. The molecule has 0 aliphatic carbocycles. The number of hydrogen-bond donors (Lipinski definition) is 1. The van der Waals surface area contributed by atoms with E-state index in [9.17, 15) is 0 Å². The lowest BCUT2D eigenvalue weighted by molar-refractivity contribution is 0.627. The molecule has 0 aliphatic heterocycles. The van der Waals surface area contributed by atoms with E-state index in [1.54, 1.807) is 23.9 Å². The second-order valence-corrected chi connectivity index (χ2v) is 5.78. The summed E-state index contributed by atoms with van der Waals surface area (Å²) in [4.78, 5) is 0. The summed E-state index contributed by atoms with van der Waals surface area (Å²) in [5.74, 6) is 1.56. The molecule has 7 heteroatoms. The second-order valence-electron chi connectivity index (χ2n) is 3.99. The van der Waals surface area contributed by atoms with E-state index in [-0.39, 0.29) is 0 Å².